The third-order valence-electron chi connectivity index (χ3n) is 2.72. The van der Waals surface area contributed by atoms with Crippen LogP contribution in [0.4, 0.5) is 5.82 Å². The molecule has 0 bridgehead atoms. The van der Waals surface area contributed by atoms with Gasteiger partial charge < -0.3 is 15.8 Å². The molecule has 2 aromatic rings. The van der Waals surface area contributed by atoms with E-state index in [4.69, 9.17) is 10.5 Å². The van der Waals surface area contributed by atoms with Crippen LogP contribution >= 0.6 is 0 Å². The summed E-state index contributed by atoms with van der Waals surface area (Å²) in [6.45, 7) is 2.60. The average Bonchev–Trinajstić information content (AvgIpc) is 2.38. The molecule has 1 aromatic carbocycles. The molecule has 0 aliphatic carbocycles. The summed E-state index contributed by atoms with van der Waals surface area (Å²) in [5.41, 5.74) is 5.61. The Labute approximate surface area is 101 Å². The number of fused-ring (bicyclic) bond motifs is 1. The standard InChI is InChI=1S/C13H17N3O/c1-9(8-14)16-13-11-4-3-5-12(17-2)10(11)6-7-15-13/h3-7,9H,8,14H2,1-2H3,(H,15,16). The number of anilines is 1. The maximum absolute atomic E-state index is 5.61. The van der Waals surface area contributed by atoms with Gasteiger partial charge in [-0.15, -0.1) is 0 Å². The first-order valence-corrected chi connectivity index (χ1v) is 5.64. The molecular formula is C13H17N3O. The predicted octanol–water partition coefficient (Wildman–Crippen LogP) is 2.00. The Balaban J connectivity index is 2.50. The van der Waals surface area contributed by atoms with Gasteiger partial charge in [0.15, 0.2) is 0 Å². The van der Waals surface area contributed by atoms with Crippen LogP contribution in [0.25, 0.3) is 10.8 Å². The molecular weight excluding hydrogens is 214 g/mol. The van der Waals surface area contributed by atoms with Gasteiger partial charge in [-0.25, -0.2) is 4.98 Å². The Morgan fingerprint density at radius 2 is 2.18 bits per heavy atom. The van der Waals surface area contributed by atoms with Gasteiger partial charge in [-0.2, -0.15) is 0 Å². The van der Waals surface area contributed by atoms with E-state index in [1.165, 1.54) is 0 Å². The zero-order valence-corrected chi connectivity index (χ0v) is 10.1. The molecule has 3 N–H and O–H groups in total. The van der Waals surface area contributed by atoms with Gasteiger partial charge in [-0.1, -0.05) is 12.1 Å². The van der Waals surface area contributed by atoms with Crippen LogP contribution in [-0.4, -0.2) is 24.7 Å². The summed E-state index contributed by atoms with van der Waals surface area (Å²) < 4.78 is 5.33. The second kappa shape index (κ2) is 5.01. The summed E-state index contributed by atoms with van der Waals surface area (Å²) in [6, 6.07) is 8.07. The van der Waals surface area contributed by atoms with Gasteiger partial charge in [0.2, 0.25) is 0 Å². The number of rotatable bonds is 4. The topological polar surface area (TPSA) is 60.2 Å². The van der Waals surface area contributed by atoms with Crippen LogP contribution in [0.5, 0.6) is 5.75 Å². The second-order valence-corrected chi connectivity index (χ2v) is 4.00. The van der Waals surface area contributed by atoms with Gasteiger partial charge in [-0.05, 0) is 19.1 Å². The van der Waals surface area contributed by atoms with E-state index in [1.807, 2.05) is 31.2 Å². The van der Waals surface area contributed by atoms with Crippen molar-refractivity contribution in [3.05, 3.63) is 30.5 Å². The second-order valence-electron chi connectivity index (χ2n) is 4.00. The van der Waals surface area contributed by atoms with Crippen molar-refractivity contribution in [3.8, 4) is 5.75 Å². The molecule has 4 heteroatoms. The van der Waals surface area contributed by atoms with Gasteiger partial charge in [-0.3, -0.25) is 0 Å². The molecule has 1 unspecified atom stereocenters. The fraction of sp³-hybridized carbons (Fsp3) is 0.308. The van der Waals surface area contributed by atoms with Crippen LogP contribution in [-0.2, 0) is 0 Å². The van der Waals surface area contributed by atoms with E-state index in [9.17, 15) is 0 Å². The fourth-order valence-corrected chi connectivity index (χ4v) is 1.76. The van der Waals surface area contributed by atoms with Crippen LogP contribution in [0.2, 0.25) is 0 Å². The third-order valence-corrected chi connectivity index (χ3v) is 2.72. The Hall–Kier alpha value is -1.81. The number of aromatic nitrogens is 1. The predicted molar refractivity (Wildman–Crippen MR) is 70.4 cm³/mol. The molecule has 1 aromatic heterocycles. The molecule has 0 fully saturated rings. The zero-order chi connectivity index (χ0) is 12.3. The molecule has 0 aliphatic heterocycles. The monoisotopic (exact) mass is 231 g/mol. The minimum atomic E-state index is 0.194. The van der Waals surface area contributed by atoms with Crippen molar-refractivity contribution in [3.63, 3.8) is 0 Å². The van der Waals surface area contributed by atoms with Crippen molar-refractivity contribution in [2.45, 2.75) is 13.0 Å². The Morgan fingerprint density at radius 3 is 2.88 bits per heavy atom. The number of nitrogens with zero attached hydrogens (tertiary/aromatic N) is 1. The number of nitrogens with one attached hydrogen (secondary N) is 1. The van der Waals surface area contributed by atoms with Crippen LogP contribution in [0, 0.1) is 0 Å². The van der Waals surface area contributed by atoms with Gasteiger partial charge in [0.25, 0.3) is 0 Å². The zero-order valence-electron chi connectivity index (χ0n) is 10.1. The molecule has 17 heavy (non-hydrogen) atoms. The first kappa shape index (κ1) is 11.7. The van der Waals surface area contributed by atoms with E-state index >= 15 is 0 Å². The lowest BCUT2D eigenvalue weighted by Gasteiger charge is -2.14. The van der Waals surface area contributed by atoms with E-state index in [0.29, 0.717) is 6.54 Å². The molecule has 0 amide bonds. The Bertz CT molecular complexity index is 513. The van der Waals surface area contributed by atoms with Crippen molar-refractivity contribution in [1.82, 2.24) is 4.98 Å². The van der Waals surface area contributed by atoms with E-state index in [0.717, 1.165) is 22.3 Å². The highest BCUT2D eigenvalue weighted by Gasteiger charge is 2.07. The highest BCUT2D eigenvalue weighted by molar-refractivity contribution is 5.95. The number of hydrogen-bond acceptors (Lipinski definition) is 4. The normalized spacial score (nSPS) is 12.4. The minimum absolute atomic E-state index is 0.194. The lowest BCUT2D eigenvalue weighted by atomic mass is 10.1. The molecule has 0 radical (unpaired) electrons. The van der Waals surface area contributed by atoms with Crippen molar-refractivity contribution in [1.29, 1.82) is 0 Å². The molecule has 0 spiro atoms. The molecule has 0 saturated carbocycles. The Kier molecular flexibility index (Phi) is 3.44. The minimum Gasteiger partial charge on any atom is -0.496 e. The quantitative estimate of drug-likeness (QED) is 0.845. The SMILES string of the molecule is COc1cccc2c(NC(C)CN)nccc12. The number of nitrogens with two attached hydrogens (primary N) is 1. The molecule has 4 nitrogen and oxygen atoms in total. The maximum Gasteiger partial charge on any atom is 0.134 e. The van der Waals surface area contributed by atoms with Crippen LogP contribution in [0.3, 0.4) is 0 Å². The average molecular weight is 231 g/mol. The maximum atomic E-state index is 5.61. The molecule has 1 heterocycles. The largest absolute Gasteiger partial charge is 0.496 e. The molecule has 90 valence electrons. The summed E-state index contributed by atoms with van der Waals surface area (Å²) in [7, 11) is 1.67. The van der Waals surface area contributed by atoms with Crippen LogP contribution < -0.4 is 15.8 Å². The summed E-state index contributed by atoms with van der Waals surface area (Å²) >= 11 is 0. The number of ether oxygens (including phenoxy) is 1. The van der Waals surface area contributed by atoms with Crippen molar-refractivity contribution < 1.29 is 4.74 Å². The van der Waals surface area contributed by atoms with Crippen molar-refractivity contribution >= 4 is 16.6 Å². The van der Waals surface area contributed by atoms with E-state index < -0.39 is 0 Å². The van der Waals surface area contributed by atoms with Crippen molar-refractivity contribution in [2.75, 3.05) is 19.0 Å². The van der Waals surface area contributed by atoms with E-state index in [1.54, 1.807) is 13.3 Å². The summed E-state index contributed by atoms with van der Waals surface area (Å²) in [5.74, 6) is 1.70. The van der Waals surface area contributed by atoms with Crippen LogP contribution in [0.1, 0.15) is 6.92 Å². The molecule has 2 rings (SSSR count). The lowest BCUT2D eigenvalue weighted by Crippen LogP contribution is -2.25. The third kappa shape index (κ3) is 2.31. The number of benzene rings is 1. The fourth-order valence-electron chi connectivity index (χ4n) is 1.76. The van der Waals surface area contributed by atoms with Crippen molar-refractivity contribution in [2.24, 2.45) is 5.73 Å². The van der Waals surface area contributed by atoms with Gasteiger partial charge in [0.05, 0.1) is 7.11 Å². The first-order chi connectivity index (χ1) is 8.26. The van der Waals surface area contributed by atoms with Gasteiger partial charge >= 0.3 is 0 Å². The van der Waals surface area contributed by atoms with E-state index in [2.05, 4.69) is 10.3 Å². The van der Waals surface area contributed by atoms with Gasteiger partial charge in [0, 0.05) is 29.6 Å². The van der Waals surface area contributed by atoms with E-state index in [-0.39, 0.29) is 6.04 Å². The highest BCUT2D eigenvalue weighted by Crippen LogP contribution is 2.29. The number of pyridine rings is 1. The summed E-state index contributed by atoms with van der Waals surface area (Å²) in [4.78, 5) is 4.35. The number of methoxy groups -OCH3 is 1. The summed E-state index contributed by atoms with van der Waals surface area (Å²) in [5, 5.41) is 5.39. The smallest absolute Gasteiger partial charge is 0.134 e. The molecule has 0 saturated heterocycles. The summed E-state index contributed by atoms with van der Waals surface area (Å²) in [6.07, 6.45) is 1.77. The first-order valence-electron chi connectivity index (χ1n) is 5.64. The number of hydrogen-bond donors (Lipinski definition) is 2. The van der Waals surface area contributed by atoms with Crippen LogP contribution in [0.15, 0.2) is 30.5 Å². The molecule has 1 atom stereocenters. The Morgan fingerprint density at radius 1 is 1.35 bits per heavy atom. The highest BCUT2D eigenvalue weighted by atomic mass is 16.5. The molecule has 0 aliphatic rings. The van der Waals surface area contributed by atoms with Gasteiger partial charge in [0.1, 0.15) is 11.6 Å². The lowest BCUT2D eigenvalue weighted by molar-refractivity contribution is 0.420.